The van der Waals surface area contributed by atoms with Crippen molar-refractivity contribution in [2.75, 3.05) is 13.1 Å². The first kappa shape index (κ1) is 8.72. The third-order valence-corrected chi connectivity index (χ3v) is 2.65. The highest BCUT2D eigenvalue weighted by Gasteiger charge is 2.31. The summed E-state index contributed by atoms with van der Waals surface area (Å²) in [7, 11) is 1.95. The monoisotopic (exact) mass is 181 g/mol. The van der Waals surface area contributed by atoms with Crippen molar-refractivity contribution in [2.45, 2.75) is 18.4 Å². The Kier molecular flexibility index (Phi) is 2.09. The van der Waals surface area contributed by atoms with Crippen molar-refractivity contribution in [3.8, 4) is 0 Å². The zero-order valence-corrected chi connectivity index (χ0v) is 7.82. The number of aliphatic hydroxyl groups is 1. The Hall–Kier alpha value is -0.870. The molecule has 1 atom stereocenters. The maximum atomic E-state index is 10.1. The summed E-state index contributed by atoms with van der Waals surface area (Å²) >= 11 is 0. The van der Waals surface area contributed by atoms with Crippen LogP contribution < -0.4 is 5.32 Å². The smallest absolute Gasteiger partial charge is 0.0945 e. The van der Waals surface area contributed by atoms with Gasteiger partial charge in [-0.25, -0.2) is 4.98 Å². The van der Waals surface area contributed by atoms with E-state index < -0.39 is 5.60 Å². The first-order valence-corrected chi connectivity index (χ1v) is 4.58. The Balaban J connectivity index is 2.09. The first-order valence-electron chi connectivity index (χ1n) is 4.58. The van der Waals surface area contributed by atoms with E-state index in [2.05, 4.69) is 10.3 Å². The Morgan fingerprint density at radius 1 is 1.77 bits per heavy atom. The van der Waals surface area contributed by atoms with Gasteiger partial charge in [-0.15, -0.1) is 0 Å². The molecule has 0 aliphatic carbocycles. The van der Waals surface area contributed by atoms with Crippen molar-refractivity contribution in [3.63, 3.8) is 0 Å². The normalized spacial score (nSPS) is 28.2. The molecule has 1 unspecified atom stereocenters. The fourth-order valence-electron chi connectivity index (χ4n) is 1.77. The number of hydrogen-bond acceptors (Lipinski definition) is 3. The zero-order chi connectivity index (χ0) is 9.31. The van der Waals surface area contributed by atoms with Crippen LogP contribution in [0, 0.1) is 0 Å². The SMILES string of the molecule is Cn1cncc1CC1(O)CCNC1. The minimum absolute atomic E-state index is 0.562. The maximum absolute atomic E-state index is 10.1. The van der Waals surface area contributed by atoms with Gasteiger partial charge in [0.1, 0.15) is 0 Å². The molecule has 0 amide bonds. The van der Waals surface area contributed by atoms with Gasteiger partial charge in [-0.3, -0.25) is 0 Å². The number of nitrogens with one attached hydrogen (secondary N) is 1. The van der Waals surface area contributed by atoms with Crippen LogP contribution in [-0.4, -0.2) is 33.3 Å². The summed E-state index contributed by atoms with van der Waals surface area (Å²) in [5.74, 6) is 0. The number of hydrogen-bond donors (Lipinski definition) is 2. The second-order valence-electron chi connectivity index (χ2n) is 3.82. The van der Waals surface area contributed by atoms with Gasteiger partial charge in [0.05, 0.1) is 11.9 Å². The van der Waals surface area contributed by atoms with Crippen LogP contribution in [0.3, 0.4) is 0 Å². The van der Waals surface area contributed by atoms with E-state index in [0.717, 1.165) is 18.7 Å². The van der Waals surface area contributed by atoms with Crippen molar-refractivity contribution < 1.29 is 5.11 Å². The van der Waals surface area contributed by atoms with Gasteiger partial charge >= 0.3 is 0 Å². The lowest BCUT2D eigenvalue weighted by molar-refractivity contribution is 0.0602. The lowest BCUT2D eigenvalue weighted by Crippen LogP contribution is -2.34. The summed E-state index contributed by atoms with van der Waals surface area (Å²) in [4.78, 5) is 4.03. The predicted molar refractivity (Wildman–Crippen MR) is 49.3 cm³/mol. The van der Waals surface area contributed by atoms with Gasteiger partial charge in [0.25, 0.3) is 0 Å². The molecular formula is C9H15N3O. The molecule has 1 aliphatic heterocycles. The van der Waals surface area contributed by atoms with Gasteiger partial charge in [-0.1, -0.05) is 0 Å². The molecule has 1 fully saturated rings. The molecule has 1 aromatic heterocycles. The summed E-state index contributed by atoms with van der Waals surface area (Å²) in [6.07, 6.45) is 5.10. The molecule has 2 heterocycles. The third-order valence-electron chi connectivity index (χ3n) is 2.65. The van der Waals surface area contributed by atoms with E-state index in [4.69, 9.17) is 0 Å². The topological polar surface area (TPSA) is 50.1 Å². The molecule has 1 aliphatic rings. The highest BCUT2D eigenvalue weighted by atomic mass is 16.3. The van der Waals surface area contributed by atoms with E-state index in [0.29, 0.717) is 13.0 Å². The van der Waals surface area contributed by atoms with Crippen LogP contribution >= 0.6 is 0 Å². The molecule has 0 spiro atoms. The molecule has 2 rings (SSSR count). The molecule has 1 aromatic rings. The highest BCUT2D eigenvalue weighted by Crippen LogP contribution is 2.19. The quantitative estimate of drug-likeness (QED) is 0.658. The van der Waals surface area contributed by atoms with Gasteiger partial charge in [0.15, 0.2) is 0 Å². The second kappa shape index (κ2) is 3.12. The Morgan fingerprint density at radius 2 is 2.62 bits per heavy atom. The van der Waals surface area contributed by atoms with Gasteiger partial charge in [0, 0.05) is 31.9 Å². The molecule has 4 heteroatoms. The highest BCUT2D eigenvalue weighted by molar-refractivity contribution is 5.05. The van der Waals surface area contributed by atoms with Gasteiger partial charge in [0.2, 0.25) is 0 Å². The summed E-state index contributed by atoms with van der Waals surface area (Å²) in [5.41, 5.74) is 0.527. The minimum atomic E-state index is -0.562. The Morgan fingerprint density at radius 3 is 3.15 bits per heavy atom. The van der Waals surface area contributed by atoms with E-state index in [9.17, 15) is 5.11 Å². The fraction of sp³-hybridized carbons (Fsp3) is 0.667. The van der Waals surface area contributed by atoms with Gasteiger partial charge in [-0.05, 0) is 13.0 Å². The van der Waals surface area contributed by atoms with Crippen molar-refractivity contribution in [2.24, 2.45) is 7.05 Å². The molecule has 1 saturated heterocycles. The Labute approximate surface area is 77.6 Å². The van der Waals surface area contributed by atoms with E-state index in [1.54, 1.807) is 6.33 Å². The number of β-amino-alcohol motifs (C(OH)–C–C–N with tert-alkyl or cyclic N) is 1. The minimum Gasteiger partial charge on any atom is -0.388 e. The van der Waals surface area contributed by atoms with E-state index in [-0.39, 0.29) is 0 Å². The van der Waals surface area contributed by atoms with Crippen molar-refractivity contribution >= 4 is 0 Å². The van der Waals surface area contributed by atoms with Gasteiger partial charge in [-0.2, -0.15) is 0 Å². The number of aryl methyl sites for hydroxylation is 1. The molecule has 72 valence electrons. The van der Waals surface area contributed by atoms with E-state index in [1.807, 2.05) is 17.8 Å². The standard InChI is InChI=1S/C9H15N3O/c1-12-7-11-5-8(12)4-9(13)2-3-10-6-9/h5,7,10,13H,2-4,6H2,1H3. The van der Waals surface area contributed by atoms with Crippen LogP contribution in [0.1, 0.15) is 12.1 Å². The molecule has 0 saturated carbocycles. The molecule has 0 aromatic carbocycles. The number of rotatable bonds is 2. The summed E-state index contributed by atoms with van der Waals surface area (Å²) in [6.45, 7) is 1.60. The number of nitrogens with zero attached hydrogens (tertiary/aromatic N) is 2. The van der Waals surface area contributed by atoms with Crippen LogP contribution in [0.5, 0.6) is 0 Å². The van der Waals surface area contributed by atoms with Crippen LogP contribution in [0.15, 0.2) is 12.5 Å². The molecule has 0 radical (unpaired) electrons. The molecule has 0 bridgehead atoms. The summed E-state index contributed by atoms with van der Waals surface area (Å²) in [5, 5.41) is 13.2. The summed E-state index contributed by atoms with van der Waals surface area (Å²) < 4.78 is 1.95. The van der Waals surface area contributed by atoms with E-state index >= 15 is 0 Å². The Bertz CT molecular complexity index is 289. The lowest BCUT2D eigenvalue weighted by atomic mass is 9.97. The average Bonchev–Trinajstić information content (AvgIpc) is 2.64. The third kappa shape index (κ3) is 1.73. The van der Waals surface area contributed by atoms with Crippen molar-refractivity contribution in [1.29, 1.82) is 0 Å². The lowest BCUT2D eigenvalue weighted by Gasteiger charge is -2.20. The maximum Gasteiger partial charge on any atom is 0.0945 e. The van der Waals surface area contributed by atoms with Crippen LogP contribution in [0.25, 0.3) is 0 Å². The van der Waals surface area contributed by atoms with Gasteiger partial charge < -0.3 is 15.0 Å². The molecular weight excluding hydrogens is 166 g/mol. The van der Waals surface area contributed by atoms with Crippen molar-refractivity contribution in [3.05, 3.63) is 18.2 Å². The molecule has 2 N–H and O–H groups in total. The summed E-state index contributed by atoms with van der Waals surface area (Å²) in [6, 6.07) is 0. The fourth-order valence-corrected chi connectivity index (χ4v) is 1.77. The predicted octanol–water partition coefficient (Wildman–Crippen LogP) is -0.313. The number of imidazole rings is 1. The average molecular weight is 181 g/mol. The van der Waals surface area contributed by atoms with E-state index in [1.165, 1.54) is 0 Å². The first-order chi connectivity index (χ1) is 6.20. The van der Waals surface area contributed by atoms with Crippen LogP contribution in [-0.2, 0) is 13.5 Å². The molecule has 4 nitrogen and oxygen atoms in total. The number of aromatic nitrogens is 2. The van der Waals surface area contributed by atoms with Crippen LogP contribution in [0.4, 0.5) is 0 Å². The zero-order valence-electron chi connectivity index (χ0n) is 7.82. The van der Waals surface area contributed by atoms with Crippen molar-refractivity contribution in [1.82, 2.24) is 14.9 Å². The second-order valence-corrected chi connectivity index (χ2v) is 3.82. The van der Waals surface area contributed by atoms with Crippen LogP contribution in [0.2, 0.25) is 0 Å². The largest absolute Gasteiger partial charge is 0.388 e. The molecule has 13 heavy (non-hydrogen) atoms.